The van der Waals surface area contributed by atoms with Crippen LogP contribution in [0.1, 0.15) is 24.1 Å². The Hall–Kier alpha value is -1.35. The Morgan fingerprint density at radius 2 is 2.21 bits per heavy atom. The molecule has 0 unspecified atom stereocenters. The molecule has 74 valence electrons. The van der Waals surface area contributed by atoms with E-state index in [-0.39, 0.29) is 18.1 Å². The highest BCUT2D eigenvalue weighted by atomic mass is 16.5. The molecule has 14 heavy (non-hydrogen) atoms. The molecule has 2 atom stereocenters. The largest absolute Gasteiger partial charge is 0.460 e. The van der Waals surface area contributed by atoms with Crippen LogP contribution in [0.2, 0.25) is 0 Å². The fourth-order valence-electron chi connectivity index (χ4n) is 1.92. The highest BCUT2D eigenvalue weighted by molar-refractivity contribution is 5.66. The topological polar surface area (TPSA) is 52.3 Å². The Morgan fingerprint density at radius 3 is 2.86 bits per heavy atom. The first-order valence-electron chi connectivity index (χ1n) is 4.69. The quantitative estimate of drug-likeness (QED) is 0.678. The van der Waals surface area contributed by atoms with Crippen LogP contribution in [0.25, 0.3) is 0 Å². The normalized spacial score (nSPS) is 24.4. The molecule has 3 heteroatoms. The number of esters is 1. The van der Waals surface area contributed by atoms with E-state index in [9.17, 15) is 4.79 Å². The molecule has 0 aromatic heterocycles. The smallest absolute Gasteiger partial charge is 0.302 e. The lowest BCUT2D eigenvalue weighted by Gasteiger charge is -2.15. The maximum Gasteiger partial charge on any atom is 0.302 e. The van der Waals surface area contributed by atoms with Gasteiger partial charge in [-0.2, -0.15) is 0 Å². The Morgan fingerprint density at radius 1 is 1.50 bits per heavy atom. The Labute approximate surface area is 82.9 Å². The molecular weight excluding hydrogens is 178 g/mol. The van der Waals surface area contributed by atoms with E-state index in [1.165, 1.54) is 12.5 Å². The maximum absolute atomic E-state index is 10.8. The van der Waals surface area contributed by atoms with E-state index in [0.29, 0.717) is 0 Å². The lowest BCUT2D eigenvalue weighted by molar-refractivity contribution is -0.146. The zero-order chi connectivity index (χ0) is 10.1. The summed E-state index contributed by atoms with van der Waals surface area (Å²) in [5.74, 6) is -0.266. The second kappa shape index (κ2) is 3.42. The first-order chi connectivity index (χ1) is 6.68. The van der Waals surface area contributed by atoms with Gasteiger partial charge < -0.3 is 10.5 Å². The monoisotopic (exact) mass is 191 g/mol. The van der Waals surface area contributed by atoms with E-state index in [1.54, 1.807) is 0 Å². The van der Waals surface area contributed by atoms with Crippen molar-refractivity contribution in [2.75, 3.05) is 0 Å². The predicted molar refractivity (Wildman–Crippen MR) is 52.6 cm³/mol. The number of nitrogens with two attached hydrogens (primary N) is 1. The van der Waals surface area contributed by atoms with Gasteiger partial charge in [-0.25, -0.2) is 0 Å². The van der Waals surface area contributed by atoms with Crippen molar-refractivity contribution in [2.24, 2.45) is 5.73 Å². The van der Waals surface area contributed by atoms with Crippen molar-refractivity contribution in [3.8, 4) is 0 Å². The van der Waals surface area contributed by atoms with Gasteiger partial charge in [0.25, 0.3) is 0 Å². The van der Waals surface area contributed by atoms with Crippen molar-refractivity contribution in [1.82, 2.24) is 0 Å². The van der Waals surface area contributed by atoms with Gasteiger partial charge in [0.1, 0.15) is 6.10 Å². The fraction of sp³-hybridized carbons (Fsp3) is 0.364. The Kier molecular flexibility index (Phi) is 2.25. The fourth-order valence-corrected chi connectivity index (χ4v) is 1.92. The summed E-state index contributed by atoms with van der Waals surface area (Å²) < 4.78 is 5.14. The zero-order valence-electron chi connectivity index (χ0n) is 8.07. The molecule has 0 radical (unpaired) electrons. The zero-order valence-corrected chi connectivity index (χ0v) is 8.07. The molecule has 0 saturated carbocycles. The van der Waals surface area contributed by atoms with Crippen molar-refractivity contribution < 1.29 is 9.53 Å². The van der Waals surface area contributed by atoms with E-state index in [0.717, 1.165) is 12.0 Å². The first-order valence-corrected chi connectivity index (χ1v) is 4.69. The Balaban J connectivity index is 2.21. The standard InChI is InChI=1S/C11H13NO2/c1-7(13)14-10-6-8-4-2-3-5-9(8)11(10)12/h2-5,10-11H,6,12H2,1H3/t10-,11+/m0/s1. The molecule has 0 bridgehead atoms. The SMILES string of the molecule is CC(=O)O[C@H]1Cc2ccccc2[C@H]1N. The van der Waals surface area contributed by atoms with Gasteiger partial charge in [0, 0.05) is 13.3 Å². The lowest BCUT2D eigenvalue weighted by atomic mass is 10.1. The molecule has 1 aromatic carbocycles. The summed E-state index contributed by atoms with van der Waals surface area (Å²) in [4.78, 5) is 10.8. The van der Waals surface area contributed by atoms with Gasteiger partial charge in [0.15, 0.2) is 0 Å². The van der Waals surface area contributed by atoms with E-state index < -0.39 is 0 Å². The van der Waals surface area contributed by atoms with E-state index in [1.807, 2.05) is 24.3 Å². The number of benzene rings is 1. The van der Waals surface area contributed by atoms with Crippen molar-refractivity contribution in [2.45, 2.75) is 25.5 Å². The van der Waals surface area contributed by atoms with Crippen LogP contribution in [-0.4, -0.2) is 12.1 Å². The van der Waals surface area contributed by atoms with Crippen LogP contribution in [0, 0.1) is 0 Å². The minimum atomic E-state index is -0.266. The molecule has 0 saturated heterocycles. The molecule has 2 N–H and O–H groups in total. The molecular formula is C11H13NO2. The van der Waals surface area contributed by atoms with Gasteiger partial charge in [0.2, 0.25) is 0 Å². The number of hydrogen-bond acceptors (Lipinski definition) is 3. The number of ether oxygens (including phenoxy) is 1. The molecule has 0 spiro atoms. The summed E-state index contributed by atoms with van der Waals surface area (Å²) in [7, 11) is 0. The van der Waals surface area contributed by atoms with Gasteiger partial charge in [-0.05, 0) is 11.1 Å². The summed E-state index contributed by atoms with van der Waals surface area (Å²) in [5, 5.41) is 0. The molecule has 0 amide bonds. The Bertz CT molecular complexity index is 362. The van der Waals surface area contributed by atoms with Crippen molar-refractivity contribution in [1.29, 1.82) is 0 Å². The maximum atomic E-state index is 10.8. The number of fused-ring (bicyclic) bond motifs is 1. The van der Waals surface area contributed by atoms with Crippen LogP contribution < -0.4 is 5.73 Å². The average molecular weight is 191 g/mol. The number of carbonyl (C=O) groups is 1. The highest BCUT2D eigenvalue weighted by Crippen LogP contribution is 2.31. The molecule has 3 nitrogen and oxygen atoms in total. The minimum absolute atomic E-state index is 0.171. The van der Waals surface area contributed by atoms with Crippen LogP contribution in [0.5, 0.6) is 0 Å². The van der Waals surface area contributed by atoms with Crippen molar-refractivity contribution >= 4 is 5.97 Å². The lowest BCUT2D eigenvalue weighted by Crippen LogP contribution is -2.26. The summed E-state index contributed by atoms with van der Waals surface area (Å²) >= 11 is 0. The summed E-state index contributed by atoms with van der Waals surface area (Å²) in [6, 6.07) is 7.77. The van der Waals surface area contributed by atoms with Crippen LogP contribution in [-0.2, 0) is 16.0 Å². The van der Waals surface area contributed by atoms with Gasteiger partial charge in [0.05, 0.1) is 6.04 Å². The average Bonchev–Trinajstić information content (AvgIpc) is 2.44. The van der Waals surface area contributed by atoms with E-state index >= 15 is 0 Å². The second-order valence-electron chi connectivity index (χ2n) is 3.58. The van der Waals surface area contributed by atoms with Crippen LogP contribution in [0.15, 0.2) is 24.3 Å². The molecule has 1 aliphatic carbocycles. The number of hydrogen-bond donors (Lipinski definition) is 1. The molecule has 2 rings (SSSR count). The molecule has 0 aliphatic heterocycles. The highest BCUT2D eigenvalue weighted by Gasteiger charge is 2.31. The third-order valence-electron chi connectivity index (χ3n) is 2.55. The van der Waals surface area contributed by atoms with Crippen LogP contribution in [0.3, 0.4) is 0 Å². The first kappa shape index (κ1) is 9.21. The van der Waals surface area contributed by atoms with Crippen LogP contribution in [0.4, 0.5) is 0 Å². The number of rotatable bonds is 1. The third kappa shape index (κ3) is 1.51. The van der Waals surface area contributed by atoms with Crippen LogP contribution >= 0.6 is 0 Å². The van der Waals surface area contributed by atoms with Gasteiger partial charge >= 0.3 is 5.97 Å². The van der Waals surface area contributed by atoms with Gasteiger partial charge in [-0.15, -0.1) is 0 Å². The molecule has 1 aromatic rings. The summed E-state index contributed by atoms with van der Waals surface area (Å²) in [6.07, 6.45) is 0.543. The van der Waals surface area contributed by atoms with E-state index in [4.69, 9.17) is 10.5 Å². The third-order valence-corrected chi connectivity index (χ3v) is 2.55. The van der Waals surface area contributed by atoms with Crippen molar-refractivity contribution in [3.05, 3.63) is 35.4 Å². The summed E-state index contributed by atoms with van der Waals surface area (Å²) in [5.41, 5.74) is 8.24. The predicted octanol–water partition coefficient (Wildman–Crippen LogP) is 1.17. The minimum Gasteiger partial charge on any atom is -0.460 e. The van der Waals surface area contributed by atoms with Gasteiger partial charge in [-0.1, -0.05) is 24.3 Å². The van der Waals surface area contributed by atoms with Crippen molar-refractivity contribution in [3.63, 3.8) is 0 Å². The molecule has 0 heterocycles. The second-order valence-corrected chi connectivity index (χ2v) is 3.58. The van der Waals surface area contributed by atoms with E-state index in [2.05, 4.69) is 0 Å². The summed E-state index contributed by atoms with van der Waals surface area (Å²) in [6.45, 7) is 1.41. The van der Waals surface area contributed by atoms with Gasteiger partial charge in [-0.3, -0.25) is 4.79 Å². The molecule has 0 fully saturated rings. The molecule has 1 aliphatic rings. The number of carbonyl (C=O) groups excluding carboxylic acids is 1.